The number of rotatable bonds is 22. The third-order valence-electron chi connectivity index (χ3n) is 19.2. The van der Waals surface area contributed by atoms with Crippen LogP contribution in [0, 0.1) is 46.3 Å². The Balaban J connectivity index is 0.932. The van der Waals surface area contributed by atoms with Crippen molar-refractivity contribution in [2.45, 2.75) is 241 Å². The fourth-order valence-electron chi connectivity index (χ4n) is 14.6. The van der Waals surface area contributed by atoms with Crippen LogP contribution in [0.3, 0.4) is 0 Å². The minimum atomic E-state index is -1.45. The molecule has 0 radical (unpaired) electrons. The van der Waals surface area contributed by atoms with E-state index in [-0.39, 0.29) is 43.9 Å². The summed E-state index contributed by atoms with van der Waals surface area (Å²) >= 11 is 0. The molecule has 21 nitrogen and oxygen atoms in total. The van der Waals surface area contributed by atoms with Gasteiger partial charge in [-0.3, -0.25) is 9.59 Å². The van der Waals surface area contributed by atoms with Crippen molar-refractivity contribution in [2.24, 2.45) is 80.7 Å². The van der Waals surface area contributed by atoms with Gasteiger partial charge in [-0.05, 0) is 105 Å². The normalized spacial score (nSPS) is 44.2. The van der Waals surface area contributed by atoms with Gasteiger partial charge in [0.1, 0.15) is 74.4 Å². The number of esters is 2. The molecular weight excluding hydrogens is 973 g/mol. The van der Waals surface area contributed by atoms with Crippen molar-refractivity contribution in [3.63, 3.8) is 0 Å². The second-order valence-electron chi connectivity index (χ2n) is 24.5. The number of carbonyl (C=O) groups excluding carboxylic acids is 2. The average Bonchev–Trinajstić information content (AvgIpc) is 3.74. The molecule has 15 unspecified atom stereocenters. The Morgan fingerprint density at radius 1 is 0.760 bits per heavy atom. The molecule has 2 aliphatic heterocycles. The molecule has 0 aromatic carbocycles. The molecule has 7 rings (SSSR count). The first kappa shape index (κ1) is 60.6. The maximum Gasteiger partial charge on any atom is 0.306 e. The van der Waals surface area contributed by atoms with Crippen LogP contribution in [-0.4, -0.2) is 174 Å². The van der Waals surface area contributed by atoms with E-state index in [2.05, 4.69) is 40.7 Å². The molecule has 7 aliphatic rings. The van der Waals surface area contributed by atoms with E-state index < -0.39 is 129 Å². The van der Waals surface area contributed by atoms with Crippen LogP contribution in [0.2, 0.25) is 0 Å². The van der Waals surface area contributed by atoms with E-state index in [1.165, 1.54) is 50.5 Å². The summed E-state index contributed by atoms with van der Waals surface area (Å²) in [5.41, 5.74) is 38.6. The van der Waals surface area contributed by atoms with Crippen LogP contribution in [0.1, 0.15) is 131 Å². The van der Waals surface area contributed by atoms with Crippen molar-refractivity contribution >= 4 is 11.9 Å². The van der Waals surface area contributed by atoms with Gasteiger partial charge >= 0.3 is 11.9 Å². The highest BCUT2D eigenvalue weighted by molar-refractivity contribution is 5.77. The highest BCUT2D eigenvalue weighted by Gasteiger charge is 2.59. The predicted octanol–water partition coefficient (Wildman–Crippen LogP) is 0.666. The lowest BCUT2D eigenvalue weighted by atomic mass is 9.47. The molecule has 0 spiro atoms. The van der Waals surface area contributed by atoms with E-state index in [0.29, 0.717) is 23.7 Å². The molecule has 25 atom stereocenters. The molecule has 5 aliphatic carbocycles. The van der Waals surface area contributed by atoms with E-state index in [4.69, 9.17) is 72.3 Å². The van der Waals surface area contributed by atoms with E-state index in [0.717, 1.165) is 42.9 Å². The number of hydrogen-bond acceptors (Lipinski definition) is 21. The van der Waals surface area contributed by atoms with Crippen LogP contribution in [-0.2, 0) is 47.5 Å². The topological polar surface area (TPSA) is 365 Å². The molecule has 0 amide bonds. The van der Waals surface area contributed by atoms with Gasteiger partial charge in [-0.1, -0.05) is 65.5 Å². The maximum absolute atomic E-state index is 13.3. The summed E-state index contributed by atoms with van der Waals surface area (Å²) in [6.07, 6.45) is -1.42. The van der Waals surface area contributed by atoms with Gasteiger partial charge in [-0.2, -0.15) is 0 Å². The Hall–Kier alpha value is -2.00. The summed E-state index contributed by atoms with van der Waals surface area (Å²) in [6.45, 7) is 12.5. The van der Waals surface area contributed by atoms with E-state index >= 15 is 0 Å². The van der Waals surface area contributed by atoms with Gasteiger partial charge in [0.15, 0.2) is 12.6 Å². The van der Waals surface area contributed by atoms with Crippen LogP contribution in [0.5, 0.6) is 0 Å². The van der Waals surface area contributed by atoms with Crippen molar-refractivity contribution in [3.05, 3.63) is 11.6 Å². The molecule has 4 saturated carbocycles. The molecule has 75 heavy (non-hydrogen) atoms. The largest absolute Gasteiger partial charge is 0.463 e. The van der Waals surface area contributed by atoms with Crippen molar-refractivity contribution in [1.29, 1.82) is 0 Å². The number of allylic oxidation sites excluding steroid dienone is 1. The van der Waals surface area contributed by atoms with Crippen LogP contribution in [0.15, 0.2) is 11.6 Å². The summed E-state index contributed by atoms with van der Waals surface area (Å²) in [7, 11) is 0. The summed E-state index contributed by atoms with van der Waals surface area (Å²) in [6, 6.07) is -4.08. The quantitative estimate of drug-likeness (QED) is 0.0403. The second-order valence-corrected chi connectivity index (χ2v) is 24.5. The Labute approximate surface area is 444 Å². The lowest BCUT2D eigenvalue weighted by Gasteiger charge is -2.58. The fraction of sp³-hybridized carbons (Fsp3) is 0.926. The number of ether oxygens (including phenoxy) is 8. The molecule has 17 N–H and O–H groups in total. The molecular formula is C54H96N6O15. The first-order valence-electron chi connectivity index (χ1n) is 28.2. The summed E-state index contributed by atoms with van der Waals surface area (Å²) in [5, 5.41) is 53.3. The van der Waals surface area contributed by atoms with Gasteiger partial charge in [0.25, 0.3) is 0 Å². The van der Waals surface area contributed by atoms with Crippen molar-refractivity contribution < 1.29 is 73.0 Å². The second kappa shape index (κ2) is 26.1. The molecule has 432 valence electrons. The highest BCUT2D eigenvalue weighted by atomic mass is 16.7. The van der Waals surface area contributed by atoms with E-state index in [1.54, 1.807) is 6.92 Å². The Morgan fingerprint density at radius 2 is 1.41 bits per heavy atom. The molecule has 0 aromatic heterocycles. The smallest absolute Gasteiger partial charge is 0.306 e. The number of fused-ring (bicyclic) bond motifs is 5. The lowest BCUT2D eigenvalue weighted by molar-refractivity contribution is -0.301. The standard InChI is InChI=1S/C54H96N6O15/c1-26(2)8-7-9-27(3)32-12-13-33-31-11-10-29-20-30(16-18-53(29,5)34(31)17-19-54(32,33)6)72-41(62)15-14-40(61)68-24-39(28(4)71-51-42(59)47(66)45(64)37(22-55)73-51)69-25-70-50-44(63)35(57)21-36(58)49(50)75-52-43(60)48(67)46(65)38(23-56)74-52/h10,26-28,30-39,42-52,63-67H,7-9,11-25,55-60H2,1-6H3/t27-,28?,30?,31?,32?,33?,34?,35-,36?,37?,38?,39-,42?,43?,44?,45-,46-,47?,48?,49-,50?,51+,52-,53+,54-/m1/s1. The number of hydrogen-bond donors (Lipinski definition) is 11. The number of aliphatic hydroxyl groups excluding tert-OH is 5. The predicted molar refractivity (Wildman–Crippen MR) is 275 cm³/mol. The van der Waals surface area contributed by atoms with Gasteiger partial charge in [0.05, 0.1) is 37.1 Å². The van der Waals surface area contributed by atoms with Gasteiger partial charge < -0.3 is 97.8 Å². The summed E-state index contributed by atoms with van der Waals surface area (Å²) < 4.78 is 47.7. The molecule has 0 aromatic rings. The zero-order valence-electron chi connectivity index (χ0n) is 45.4. The van der Waals surface area contributed by atoms with Crippen molar-refractivity contribution in [2.75, 3.05) is 26.5 Å². The third kappa shape index (κ3) is 13.4. The zero-order chi connectivity index (χ0) is 54.7. The van der Waals surface area contributed by atoms with Gasteiger partial charge in [-0.25, -0.2) is 0 Å². The maximum atomic E-state index is 13.3. The number of aliphatic hydroxyl groups is 5. The van der Waals surface area contributed by atoms with E-state index in [1.807, 2.05) is 0 Å². The molecule has 0 bridgehead atoms. The van der Waals surface area contributed by atoms with Crippen molar-refractivity contribution in [3.8, 4) is 0 Å². The first-order valence-corrected chi connectivity index (χ1v) is 28.2. The SMILES string of the molecule is CC(C)CCC[C@@H](C)C1CCC2C3CC=C4CC(OC(=O)CCC(=O)OC[C@@H](OCOC5C(O)[C@H](N)CC(N)[C@H]5O[C@H]5OC(CN)[C@@H](O)C(O)C5N)C(C)O[C@H]5OC(CN)[C@@H](O)C(O)C5N)CC[C@]4(C)C3CC[C@@]21C. The Kier molecular flexibility index (Phi) is 21.1. The third-order valence-corrected chi connectivity index (χ3v) is 19.2. The fourth-order valence-corrected chi connectivity index (χ4v) is 14.6. The monoisotopic (exact) mass is 1070 g/mol. The average molecular weight is 1070 g/mol. The highest BCUT2D eigenvalue weighted by Crippen LogP contribution is 2.67. The minimum Gasteiger partial charge on any atom is -0.463 e. The van der Waals surface area contributed by atoms with Gasteiger partial charge in [0.2, 0.25) is 0 Å². The van der Waals surface area contributed by atoms with Gasteiger partial charge in [0, 0.05) is 31.6 Å². The zero-order valence-corrected chi connectivity index (χ0v) is 45.4. The van der Waals surface area contributed by atoms with Crippen LogP contribution >= 0.6 is 0 Å². The van der Waals surface area contributed by atoms with E-state index in [9.17, 15) is 35.1 Å². The van der Waals surface area contributed by atoms with Crippen molar-refractivity contribution in [1.82, 2.24) is 0 Å². The number of nitrogens with two attached hydrogens (primary N) is 6. The Bertz CT molecular complexity index is 1890. The van der Waals surface area contributed by atoms with Crippen LogP contribution in [0.4, 0.5) is 0 Å². The summed E-state index contributed by atoms with van der Waals surface area (Å²) in [5.74, 6) is 3.22. The number of carbonyl (C=O) groups is 2. The van der Waals surface area contributed by atoms with Crippen LogP contribution < -0.4 is 34.4 Å². The van der Waals surface area contributed by atoms with Crippen LogP contribution in [0.25, 0.3) is 0 Å². The molecule has 21 heteroatoms. The summed E-state index contributed by atoms with van der Waals surface area (Å²) in [4.78, 5) is 26.7. The minimum absolute atomic E-state index is 0.0948. The first-order chi connectivity index (χ1) is 35.5. The molecule has 2 saturated heterocycles. The molecule has 6 fully saturated rings. The Morgan fingerprint density at radius 3 is 2.08 bits per heavy atom. The lowest BCUT2D eigenvalue weighted by Crippen LogP contribution is -2.67. The van der Waals surface area contributed by atoms with Gasteiger partial charge in [-0.15, -0.1) is 0 Å². The molecule has 2 heterocycles.